The number of hydrogen-bond acceptors (Lipinski definition) is 5. The van der Waals surface area contributed by atoms with Gasteiger partial charge in [0.25, 0.3) is 5.91 Å². The fourth-order valence-electron chi connectivity index (χ4n) is 3.65. The summed E-state index contributed by atoms with van der Waals surface area (Å²) < 4.78 is 33.4. The molecule has 1 aromatic carbocycles. The lowest BCUT2D eigenvalue weighted by atomic mass is 10.2. The van der Waals surface area contributed by atoms with Crippen LogP contribution in [0.1, 0.15) is 48.5 Å². The van der Waals surface area contributed by atoms with Crippen molar-refractivity contribution in [3.63, 3.8) is 0 Å². The van der Waals surface area contributed by atoms with Gasteiger partial charge in [-0.1, -0.05) is 44.2 Å². The number of carbonyl (C=O) groups excluding carboxylic acids is 1. The fourth-order valence-corrected chi connectivity index (χ4v) is 5.16. The van der Waals surface area contributed by atoms with Gasteiger partial charge in [0.15, 0.2) is 5.76 Å². The minimum atomic E-state index is -3.64. The first-order chi connectivity index (χ1) is 14.8. The first-order valence-corrected chi connectivity index (χ1v) is 12.2. The van der Waals surface area contributed by atoms with E-state index in [1.165, 1.54) is 6.26 Å². The molecule has 0 atom stereocenters. The number of rotatable bonds is 9. The van der Waals surface area contributed by atoms with Crippen LogP contribution in [0.2, 0.25) is 0 Å². The number of hydrogen-bond donors (Lipinski definition) is 0. The van der Waals surface area contributed by atoms with Crippen molar-refractivity contribution in [2.45, 2.75) is 56.7 Å². The number of carbonyl (C=O) groups is 1. The minimum Gasteiger partial charge on any atom is -0.459 e. The van der Waals surface area contributed by atoms with Gasteiger partial charge in [-0.05, 0) is 36.5 Å². The highest BCUT2D eigenvalue weighted by Crippen LogP contribution is 2.31. The second-order valence-corrected chi connectivity index (χ2v) is 10.3. The molecule has 4 rings (SSSR count). The fraction of sp³-hybridized carbons (Fsp3) is 0.391. The van der Waals surface area contributed by atoms with Crippen molar-refractivity contribution < 1.29 is 17.6 Å². The second-order valence-electron chi connectivity index (χ2n) is 8.42. The molecule has 1 fully saturated rings. The molecule has 0 N–H and O–H groups in total. The lowest BCUT2D eigenvalue weighted by molar-refractivity contribution is 0.0692. The molecule has 31 heavy (non-hydrogen) atoms. The van der Waals surface area contributed by atoms with Gasteiger partial charge in [-0.2, -0.15) is 0 Å². The van der Waals surface area contributed by atoms with Crippen molar-refractivity contribution >= 4 is 15.7 Å². The van der Waals surface area contributed by atoms with Gasteiger partial charge in [0.2, 0.25) is 15.0 Å². The maximum absolute atomic E-state index is 13.2. The van der Waals surface area contributed by atoms with Crippen LogP contribution in [-0.2, 0) is 28.7 Å². The van der Waals surface area contributed by atoms with E-state index >= 15 is 0 Å². The van der Waals surface area contributed by atoms with Crippen molar-refractivity contribution in [3.8, 4) is 0 Å². The summed E-state index contributed by atoms with van der Waals surface area (Å²) in [4.78, 5) is 19.0. The molecule has 1 aliphatic carbocycles. The van der Waals surface area contributed by atoms with Crippen LogP contribution < -0.4 is 0 Å². The van der Waals surface area contributed by atoms with E-state index in [-0.39, 0.29) is 28.8 Å². The highest BCUT2D eigenvalue weighted by Gasteiger charge is 2.35. The molecular formula is C23H27N3O4S. The van der Waals surface area contributed by atoms with Gasteiger partial charge in [-0.15, -0.1) is 0 Å². The third-order valence-electron chi connectivity index (χ3n) is 5.24. The van der Waals surface area contributed by atoms with Crippen molar-refractivity contribution in [1.82, 2.24) is 14.5 Å². The standard InChI is InChI=1S/C23H27N3O4S/c1-17(2)14-26-20(15-25(19-10-11-19)22(27)21-9-6-12-30-21)13-24-23(26)31(28,29)16-18-7-4-3-5-8-18/h3-9,12-13,17,19H,10-11,14-16H2,1-2H3. The predicted molar refractivity (Wildman–Crippen MR) is 116 cm³/mol. The third kappa shape index (κ3) is 4.90. The van der Waals surface area contributed by atoms with Gasteiger partial charge in [0.05, 0.1) is 30.5 Å². The van der Waals surface area contributed by atoms with Gasteiger partial charge in [0.1, 0.15) is 0 Å². The van der Waals surface area contributed by atoms with Gasteiger partial charge in [-0.25, -0.2) is 13.4 Å². The topological polar surface area (TPSA) is 85.4 Å². The Balaban J connectivity index is 1.65. The zero-order valence-corrected chi connectivity index (χ0v) is 18.6. The van der Waals surface area contributed by atoms with E-state index < -0.39 is 9.84 Å². The summed E-state index contributed by atoms with van der Waals surface area (Å²) in [5.41, 5.74) is 1.43. The zero-order chi connectivity index (χ0) is 22.0. The van der Waals surface area contributed by atoms with E-state index in [2.05, 4.69) is 4.98 Å². The van der Waals surface area contributed by atoms with Crippen LogP contribution in [-0.4, -0.2) is 34.8 Å². The zero-order valence-electron chi connectivity index (χ0n) is 17.8. The number of imidazole rings is 1. The Labute approximate surface area is 182 Å². The van der Waals surface area contributed by atoms with E-state index in [1.54, 1.807) is 39.9 Å². The number of nitrogens with zero attached hydrogens (tertiary/aromatic N) is 3. The Bertz CT molecular complexity index is 1130. The summed E-state index contributed by atoms with van der Waals surface area (Å²) in [5.74, 6) is 0.214. The average molecular weight is 442 g/mol. The highest BCUT2D eigenvalue weighted by atomic mass is 32.2. The minimum absolute atomic E-state index is 0.0567. The first-order valence-electron chi connectivity index (χ1n) is 10.5. The smallest absolute Gasteiger partial charge is 0.290 e. The van der Waals surface area contributed by atoms with E-state index in [1.807, 2.05) is 32.0 Å². The molecule has 2 heterocycles. The second kappa shape index (κ2) is 8.70. The number of aromatic nitrogens is 2. The molecule has 0 aliphatic heterocycles. The molecule has 1 aliphatic rings. The van der Waals surface area contributed by atoms with Crippen molar-refractivity contribution in [2.75, 3.05) is 0 Å². The van der Waals surface area contributed by atoms with Crippen molar-refractivity contribution in [1.29, 1.82) is 0 Å². The summed E-state index contributed by atoms with van der Waals surface area (Å²) in [7, 11) is -3.64. The third-order valence-corrected chi connectivity index (χ3v) is 6.84. The lowest BCUT2D eigenvalue weighted by Gasteiger charge is -2.23. The summed E-state index contributed by atoms with van der Waals surface area (Å²) in [5, 5.41) is 0.0567. The molecular weight excluding hydrogens is 414 g/mol. The largest absolute Gasteiger partial charge is 0.459 e. The van der Waals surface area contributed by atoms with E-state index in [4.69, 9.17) is 4.42 Å². The van der Waals surface area contributed by atoms with Crippen LogP contribution in [0, 0.1) is 5.92 Å². The Morgan fingerprint density at radius 2 is 1.94 bits per heavy atom. The number of furan rings is 1. The molecule has 3 aromatic rings. The molecule has 1 amide bonds. The molecule has 0 saturated heterocycles. The Morgan fingerprint density at radius 1 is 1.19 bits per heavy atom. The molecule has 164 valence electrons. The Morgan fingerprint density at radius 3 is 2.55 bits per heavy atom. The Hall–Kier alpha value is -2.87. The predicted octanol–water partition coefficient (Wildman–Crippen LogP) is 3.91. The normalized spacial score (nSPS) is 14.2. The number of benzene rings is 1. The lowest BCUT2D eigenvalue weighted by Crippen LogP contribution is -2.33. The van der Waals surface area contributed by atoms with E-state index in [9.17, 15) is 13.2 Å². The van der Waals surface area contributed by atoms with Crippen LogP contribution in [0.25, 0.3) is 0 Å². The van der Waals surface area contributed by atoms with Crippen LogP contribution in [0.15, 0.2) is 64.5 Å². The highest BCUT2D eigenvalue weighted by molar-refractivity contribution is 7.90. The van der Waals surface area contributed by atoms with Gasteiger partial charge in [-0.3, -0.25) is 4.79 Å². The van der Waals surface area contributed by atoms with E-state index in [0.717, 1.165) is 18.4 Å². The molecule has 0 spiro atoms. The molecule has 8 heteroatoms. The molecule has 1 saturated carbocycles. The molecule has 0 unspecified atom stereocenters. The summed E-state index contributed by atoms with van der Waals surface area (Å²) in [6, 6.07) is 12.6. The summed E-state index contributed by atoms with van der Waals surface area (Å²) in [6.45, 7) is 4.87. The van der Waals surface area contributed by atoms with Gasteiger partial charge in [0, 0.05) is 12.6 Å². The molecule has 2 aromatic heterocycles. The SMILES string of the molecule is CC(C)Cn1c(CN(C(=O)c2ccco2)C2CC2)cnc1S(=O)(=O)Cc1ccccc1. The Kier molecular flexibility index (Phi) is 6.00. The maximum atomic E-state index is 13.2. The van der Waals surface area contributed by atoms with Crippen LogP contribution >= 0.6 is 0 Å². The monoisotopic (exact) mass is 441 g/mol. The maximum Gasteiger partial charge on any atom is 0.290 e. The molecule has 0 bridgehead atoms. The van der Waals surface area contributed by atoms with Crippen molar-refractivity contribution in [2.24, 2.45) is 5.92 Å². The number of amides is 1. The van der Waals surface area contributed by atoms with Crippen LogP contribution in [0.3, 0.4) is 0 Å². The average Bonchev–Trinajstić information content (AvgIpc) is 3.25. The van der Waals surface area contributed by atoms with Gasteiger partial charge >= 0.3 is 0 Å². The van der Waals surface area contributed by atoms with Crippen LogP contribution in [0.5, 0.6) is 0 Å². The quantitative estimate of drug-likeness (QED) is 0.503. The summed E-state index contributed by atoms with van der Waals surface area (Å²) >= 11 is 0. The summed E-state index contributed by atoms with van der Waals surface area (Å²) in [6.07, 6.45) is 4.94. The molecule has 0 radical (unpaired) electrons. The van der Waals surface area contributed by atoms with E-state index in [0.29, 0.717) is 24.5 Å². The number of sulfone groups is 1. The van der Waals surface area contributed by atoms with Crippen molar-refractivity contribution in [3.05, 3.63) is 71.9 Å². The first kappa shape index (κ1) is 21.4. The van der Waals surface area contributed by atoms with Crippen LogP contribution in [0.4, 0.5) is 0 Å². The molecule has 7 nitrogen and oxygen atoms in total. The van der Waals surface area contributed by atoms with Gasteiger partial charge < -0.3 is 13.9 Å².